The Hall–Kier alpha value is -1.51. The number of benzene rings is 1. The molecule has 3 heteroatoms. The van der Waals surface area contributed by atoms with Crippen LogP contribution in [-0.4, -0.2) is 24.1 Å². The van der Waals surface area contributed by atoms with Gasteiger partial charge in [-0.2, -0.15) is 0 Å². The maximum absolute atomic E-state index is 12.4. The number of carbonyl (C=O) groups is 1. The maximum atomic E-state index is 12.4. The van der Waals surface area contributed by atoms with Gasteiger partial charge in [0.25, 0.3) is 0 Å². The van der Waals surface area contributed by atoms with Crippen LogP contribution >= 0.6 is 0 Å². The van der Waals surface area contributed by atoms with Gasteiger partial charge in [-0.25, -0.2) is 4.79 Å². The molecule has 3 nitrogen and oxygen atoms in total. The predicted octanol–water partition coefficient (Wildman–Crippen LogP) is 5.90. The van der Waals surface area contributed by atoms with Gasteiger partial charge in [0.15, 0.2) is 0 Å². The second kappa shape index (κ2) is 8.37. The third-order valence-corrected chi connectivity index (χ3v) is 4.29. The molecule has 0 aliphatic heterocycles. The molecule has 0 N–H and O–H groups in total. The van der Waals surface area contributed by atoms with Gasteiger partial charge in [0, 0.05) is 13.1 Å². The minimum atomic E-state index is -0.254. The van der Waals surface area contributed by atoms with Crippen molar-refractivity contribution in [3.05, 3.63) is 28.8 Å². The summed E-state index contributed by atoms with van der Waals surface area (Å²) in [4.78, 5) is 14.2. The van der Waals surface area contributed by atoms with E-state index in [2.05, 4.69) is 53.7 Å². The summed E-state index contributed by atoms with van der Waals surface area (Å²) >= 11 is 0. The van der Waals surface area contributed by atoms with Crippen molar-refractivity contribution in [2.75, 3.05) is 13.1 Å². The van der Waals surface area contributed by atoms with Crippen molar-refractivity contribution in [1.29, 1.82) is 0 Å². The number of ether oxygens (including phenoxy) is 1. The van der Waals surface area contributed by atoms with E-state index in [1.54, 1.807) is 4.90 Å². The zero-order valence-electron chi connectivity index (χ0n) is 16.1. The molecule has 1 amide bonds. The van der Waals surface area contributed by atoms with Crippen molar-refractivity contribution in [2.45, 2.75) is 73.1 Å². The van der Waals surface area contributed by atoms with Crippen LogP contribution in [0.3, 0.4) is 0 Å². The summed E-state index contributed by atoms with van der Waals surface area (Å²) in [5.74, 6) is 1.84. The van der Waals surface area contributed by atoms with E-state index in [0.717, 1.165) is 16.9 Å². The lowest BCUT2D eigenvalue weighted by Crippen LogP contribution is -2.33. The zero-order valence-corrected chi connectivity index (χ0v) is 16.1. The number of carbonyl (C=O) groups excluding carboxylic acids is 1. The highest BCUT2D eigenvalue weighted by atomic mass is 16.6. The summed E-state index contributed by atoms with van der Waals surface area (Å²) in [7, 11) is 0. The maximum Gasteiger partial charge on any atom is 0.415 e. The van der Waals surface area contributed by atoms with E-state index in [0.29, 0.717) is 30.8 Å². The first-order valence-corrected chi connectivity index (χ1v) is 8.87. The van der Waals surface area contributed by atoms with Gasteiger partial charge in [-0.3, -0.25) is 0 Å². The molecule has 0 heterocycles. The summed E-state index contributed by atoms with van der Waals surface area (Å²) < 4.78 is 5.86. The number of rotatable bonds is 6. The van der Waals surface area contributed by atoms with Crippen LogP contribution in [0.2, 0.25) is 0 Å². The molecule has 1 aromatic carbocycles. The van der Waals surface area contributed by atoms with Crippen LogP contribution in [0.25, 0.3) is 0 Å². The van der Waals surface area contributed by atoms with Gasteiger partial charge in [-0.1, -0.05) is 53.7 Å². The Morgan fingerprint density at radius 3 is 1.65 bits per heavy atom. The highest BCUT2D eigenvalue weighted by molar-refractivity contribution is 5.72. The summed E-state index contributed by atoms with van der Waals surface area (Å²) in [6.45, 7) is 18.3. The minimum Gasteiger partial charge on any atom is -0.410 e. The smallest absolute Gasteiger partial charge is 0.410 e. The van der Waals surface area contributed by atoms with Gasteiger partial charge in [-0.05, 0) is 48.3 Å². The normalized spacial score (nSPS) is 11.4. The summed E-state index contributed by atoms with van der Waals surface area (Å²) in [6, 6.07) is 4.40. The van der Waals surface area contributed by atoms with E-state index in [-0.39, 0.29) is 6.09 Å². The molecule has 0 aliphatic rings. The number of amides is 1. The standard InChI is InChI=1S/C20H33NO2/c1-9-21(10-2)20(22)23-19-17(14(5)6)11-16(13(3)4)12-18(19)15(7)8/h11-15H,9-10H2,1-8H3. The average Bonchev–Trinajstić information content (AvgIpc) is 2.47. The molecular formula is C20H33NO2. The molecule has 1 rings (SSSR count). The lowest BCUT2D eigenvalue weighted by atomic mass is 9.88. The molecule has 0 unspecified atom stereocenters. The highest BCUT2D eigenvalue weighted by Crippen LogP contribution is 2.38. The summed E-state index contributed by atoms with van der Waals surface area (Å²) in [6.07, 6.45) is -0.254. The number of nitrogens with zero attached hydrogens (tertiary/aromatic N) is 1. The first-order chi connectivity index (χ1) is 10.7. The zero-order chi connectivity index (χ0) is 17.7. The largest absolute Gasteiger partial charge is 0.415 e. The van der Waals surface area contributed by atoms with Crippen LogP contribution in [0.4, 0.5) is 4.79 Å². The fourth-order valence-corrected chi connectivity index (χ4v) is 2.64. The molecule has 0 aromatic heterocycles. The third kappa shape index (κ3) is 4.73. The molecule has 23 heavy (non-hydrogen) atoms. The van der Waals surface area contributed by atoms with E-state index < -0.39 is 0 Å². The van der Waals surface area contributed by atoms with Gasteiger partial charge < -0.3 is 9.64 Å². The van der Waals surface area contributed by atoms with Crippen molar-refractivity contribution < 1.29 is 9.53 Å². The van der Waals surface area contributed by atoms with E-state index >= 15 is 0 Å². The van der Waals surface area contributed by atoms with E-state index in [9.17, 15) is 4.79 Å². The van der Waals surface area contributed by atoms with Crippen LogP contribution in [-0.2, 0) is 0 Å². The molecule has 0 atom stereocenters. The molecular weight excluding hydrogens is 286 g/mol. The first kappa shape index (κ1) is 19.5. The van der Waals surface area contributed by atoms with Crippen LogP contribution in [0.1, 0.15) is 89.8 Å². The molecule has 0 saturated heterocycles. The van der Waals surface area contributed by atoms with E-state index in [1.807, 2.05) is 13.8 Å². The lowest BCUT2D eigenvalue weighted by molar-refractivity contribution is 0.156. The Morgan fingerprint density at radius 2 is 1.35 bits per heavy atom. The third-order valence-electron chi connectivity index (χ3n) is 4.29. The van der Waals surface area contributed by atoms with Crippen molar-refractivity contribution in [3.63, 3.8) is 0 Å². The second-order valence-electron chi connectivity index (χ2n) is 7.03. The van der Waals surface area contributed by atoms with Gasteiger partial charge in [0.2, 0.25) is 0 Å². The first-order valence-electron chi connectivity index (χ1n) is 8.87. The molecule has 1 aromatic rings. The molecule has 0 radical (unpaired) electrons. The molecule has 0 bridgehead atoms. The van der Waals surface area contributed by atoms with E-state index in [4.69, 9.17) is 4.74 Å². The number of hydrogen-bond acceptors (Lipinski definition) is 2. The van der Waals surface area contributed by atoms with Crippen molar-refractivity contribution in [1.82, 2.24) is 4.90 Å². The van der Waals surface area contributed by atoms with Gasteiger partial charge in [0.1, 0.15) is 5.75 Å². The van der Waals surface area contributed by atoms with Gasteiger partial charge in [-0.15, -0.1) is 0 Å². The Bertz CT molecular complexity index is 499. The molecule has 0 saturated carbocycles. The average molecular weight is 319 g/mol. The summed E-state index contributed by atoms with van der Waals surface area (Å²) in [5, 5.41) is 0. The molecule has 130 valence electrons. The Kier molecular flexibility index (Phi) is 7.11. The lowest BCUT2D eigenvalue weighted by Gasteiger charge is -2.24. The van der Waals surface area contributed by atoms with Crippen molar-refractivity contribution >= 4 is 6.09 Å². The van der Waals surface area contributed by atoms with Gasteiger partial charge >= 0.3 is 6.09 Å². The Labute approximate surface area is 142 Å². The Balaban J connectivity index is 3.40. The molecule has 0 fully saturated rings. The van der Waals surface area contributed by atoms with Crippen molar-refractivity contribution in [3.8, 4) is 5.75 Å². The monoisotopic (exact) mass is 319 g/mol. The highest BCUT2D eigenvalue weighted by Gasteiger charge is 2.22. The Morgan fingerprint density at radius 1 is 0.913 bits per heavy atom. The number of hydrogen-bond donors (Lipinski definition) is 0. The molecule has 0 aliphatic carbocycles. The minimum absolute atomic E-state index is 0.254. The van der Waals surface area contributed by atoms with E-state index in [1.165, 1.54) is 5.56 Å². The SMILES string of the molecule is CCN(CC)C(=O)Oc1c(C(C)C)cc(C(C)C)cc1C(C)C. The molecule has 0 spiro atoms. The quantitative estimate of drug-likeness (QED) is 0.653. The van der Waals surface area contributed by atoms with Crippen LogP contribution in [0, 0.1) is 0 Å². The van der Waals surface area contributed by atoms with Crippen LogP contribution < -0.4 is 4.74 Å². The van der Waals surface area contributed by atoms with Crippen LogP contribution in [0.5, 0.6) is 5.75 Å². The van der Waals surface area contributed by atoms with Crippen LogP contribution in [0.15, 0.2) is 12.1 Å². The predicted molar refractivity (Wildman–Crippen MR) is 97.7 cm³/mol. The summed E-state index contributed by atoms with van der Waals surface area (Å²) in [5.41, 5.74) is 3.56. The van der Waals surface area contributed by atoms with Gasteiger partial charge in [0.05, 0.1) is 0 Å². The fraction of sp³-hybridized carbons (Fsp3) is 0.650. The topological polar surface area (TPSA) is 29.5 Å². The fourth-order valence-electron chi connectivity index (χ4n) is 2.64. The van der Waals surface area contributed by atoms with Crippen molar-refractivity contribution in [2.24, 2.45) is 0 Å². The second-order valence-corrected chi connectivity index (χ2v) is 7.03.